The molecule has 2 atom stereocenters. The molecular weight excluding hydrogens is 320 g/mol. The molecular formula is C16H17F2N3O3. The Morgan fingerprint density at radius 2 is 2.00 bits per heavy atom. The van der Waals surface area contributed by atoms with Gasteiger partial charge in [-0.15, -0.1) is 0 Å². The molecule has 0 radical (unpaired) electrons. The number of hydrogen-bond donors (Lipinski definition) is 3. The van der Waals surface area contributed by atoms with Gasteiger partial charge in [-0.25, -0.2) is 13.8 Å². The van der Waals surface area contributed by atoms with Crippen molar-refractivity contribution < 1.29 is 23.5 Å². The van der Waals surface area contributed by atoms with Gasteiger partial charge in [-0.2, -0.15) is 0 Å². The standard InChI is InChI=1S/C16H17F2N3O3/c17-12-2-1-9(4-13(12)18)3-10(16(23)24)5-15(22)14(19)6-11-7-20-8-21-11/h1-2,4,7-8,10,14H,3,5-6,19H2,(H,20,21)(H,23,24)/t10?,14-/m0/s1. The van der Waals surface area contributed by atoms with Gasteiger partial charge in [0.05, 0.1) is 18.3 Å². The number of nitrogens with one attached hydrogen (secondary N) is 1. The number of halogens is 2. The monoisotopic (exact) mass is 337 g/mol. The number of Topliss-reactive ketones (excluding diaryl/α,β-unsaturated/α-hetero) is 1. The highest BCUT2D eigenvalue weighted by Gasteiger charge is 2.25. The Kier molecular flexibility index (Phi) is 5.75. The smallest absolute Gasteiger partial charge is 0.307 e. The lowest BCUT2D eigenvalue weighted by atomic mass is 9.91. The van der Waals surface area contributed by atoms with Crippen molar-refractivity contribution >= 4 is 11.8 Å². The molecule has 0 fully saturated rings. The molecule has 0 aliphatic heterocycles. The van der Waals surface area contributed by atoms with E-state index in [1.165, 1.54) is 18.6 Å². The molecule has 1 unspecified atom stereocenters. The van der Waals surface area contributed by atoms with Crippen molar-refractivity contribution in [2.45, 2.75) is 25.3 Å². The van der Waals surface area contributed by atoms with E-state index in [1.54, 1.807) is 0 Å². The fraction of sp³-hybridized carbons (Fsp3) is 0.312. The molecule has 0 spiro atoms. The van der Waals surface area contributed by atoms with Crippen LogP contribution in [0, 0.1) is 17.6 Å². The van der Waals surface area contributed by atoms with Crippen LogP contribution in [0.1, 0.15) is 17.7 Å². The number of nitrogens with zero attached hydrogens (tertiary/aromatic N) is 1. The van der Waals surface area contributed by atoms with Crippen LogP contribution in [0.25, 0.3) is 0 Å². The van der Waals surface area contributed by atoms with Gasteiger partial charge in [0.2, 0.25) is 0 Å². The number of ketones is 1. The van der Waals surface area contributed by atoms with Crippen LogP contribution in [0.4, 0.5) is 8.78 Å². The number of carbonyl (C=O) groups excluding carboxylic acids is 1. The fourth-order valence-corrected chi connectivity index (χ4v) is 2.34. The van der Waals surface area contributed by atoms with Crippen LogP contribution in [0.2, 0.25) is 0 Å². The van der Waals surface area contributed by atoms with E-state index in [4.69, 9.17) is 5.73 Å². The van der Waals surface area contributed by atoms with Crippen molar-refractivity contribution in [1.29, 1.82) is 0 Å². The number of nitrogens with two attached hydrogens (primary N) is 1. The first-order valence-corrected chi connectivity index (χ1v) is 7.29. The number of aliphatic carboxylic acids is 1. The lowest BCUT2D eigenvalue weighted by Crippen LogP contribution is -2.35. The number of aromatic nitrogens is 2. The average Bonchev–Trinajstić information content (AvgIpc) is 3.02. The van der Waals surface area contributed by atoms with Gasteiger partial charge in [-0.05, 0) is 24.1 Å². The van der Waals surface area contributed by atoms with E-state index in [-0.39, 0.29) is 19.3 Å². The molecule has 0 bridgehead atoms. The van der Waals surface area contributed by atoms with E-state index in [0.717, 1.165) is 12.1 Å². The van der Waals surface area contributed by atoms with Gasteiger partial charge in [-0.1, -0.05) is 6.07 Å². The topological polar surface area (TPSA) is 109 Å². The first-order chi connectivity index (χ1) is 11.4. The second-order valence-corrected chi connectivity index (χ2v) is 5.55. The summed E-state index contributed by atoms with van der Waals surface area (Å²) in [4.78, 5) is 30.1. The Hall–Kier alpha value is -2.61. The van der Waals surface area contributed by atoms with E-state index in [9.17, 15) is 23.5 Å². The van der Waals surface area contributed by atoms with Crippen molar-refractivity contribution in [2.75, 3.05) is 0 Å². The Bertz CT molecular complexity index is 719. The minimum absolute atomic E-state index is 0.0882. The third kappa shape index (κ3) is 4.69. The summed E-state index contributed by atoms with van der Waals surface area (Å²) in [5, 5.41) is 9.27. The van der Waals surface area contributed by atoms with E-state index < -0.39 is 35.3 Å². The quantitative estimate of drug-likeness (QED) is 0.676. The van der Waals surface area contributed by atoms with Gasteiger partial charge in [0.1, 0.15) is 0 Å². The Labute approximate surface area is 136 Å². The second kappa shape index (κ2) is 7.78. The van der Waals surface area contributed by atoms with Crippen LogP contribution in [0.3, 0.4) is 0 Å². The molecule has 1 heterocycles. The third-order valence-electron chi connectivity index (χ3n) is 3.67. The first-order valence-electron chi connectivity index (χ1n) is 7.29. The summed E-state index contributed by atoms with van der Waals surface area (Å²) in [7, 11) is 0. The first kappa shape index (κ1) is 17.7. The van der Waals surface area contributed by atoms with Gasteiger partial charge in [0, 0.05) is 24.7 Å². The number of H-pyrrole nitrogens is 1. The predicted octanol–water partition coefficient (Wildman–Crippen LogP) is 1.46. The number of aromatic amines is 1. The fourth-order valence-electron chi connectivity index (χ4n) is 2.34. The molecule has 128 valence electrons. The van der Waals surface area contributed by atoms with E-state index in [0.29, 0.717) is 11.3 Å². The number of carboxylic acid groups (broad SMARTS) is 1. The Morgan fingerprint density at radius 3 is 2.58 bits per heavy atom. The predicted molar refractivity (Wildman–Crippen MR) is 81.1 cm³/mol. The summed E-state index contributed by atoms with van der Waals surface area (Å²) in [5.41, 5.74) is 6.77. The molecule has 1 aromatic carbocycles. The molecule has 0 saturated heterocycles. The minimum Gasteiger partial charge on any atom is -0.481 e. The van der Waals surface area contributed by atoms with E-state index in [2.05, 4.69) is 9.97 Å². The van der Waals surface area contributed by atoms with Crippen molar-refractivity contribution in [3.8, 4) is 0 Å². The maximum absolute atomic E-state index is 13.2. The highest BCUT2D eigenvalue weighted by molar-refractivity contribution is 5.87. The van der Waals surface area contributed by atoms with E-state index >= 15 is 0 Å². The van der Waals surface area contributed by atoms with Crippen LogP contribution in [-0.2, 0) is 22.4 Å². The van der Waals surface area contributed by atoms with Crippen molar-refractivity contribution in [1.82, 2.24) is 9.97 Å². The lowest BCUT2D eigenvalue weighted by Gasteiger charge is -2.15. The maximum Gasteiger partial charge on any atom is 0.307 e. The second-order valence-electron chi connectivity index (χ2n) is 5.55. The SMILES string of the molecule is N[C@@H](Cc1cnc[nH]1)C(=O)CC(Cc1ccc(F)c(F)c1)C(=O)O. The average molecular weight is 337 g/mol. The molecule has 4 N–H and O–H groups in total. The number of hydrogen-bond acceptors (Lipinski definition) is 4. The van der Waals surface area contributed by atoms with Gasteiger partial charge < -0.3 is 15.8 Å². The number of carbonyl (C=O) groups is 2. The van der Waals surface area contributed by atoms with Crippen LogP contribution in [0.15, 0.2) is 30.7 Å². The highest BCUT2D eigenvalue weighted by atomic mass is 19.2. The molecule has 2 rings (SSSR count). The van der Waals surface area contributed by atoms with Gasteiger partial charge in [0.25, 0.3) is 0 Å². The van der Waals surface area contributed by atoms with Crippen molar-refractivity contribution in [3.63, 3.8) is 0 Å². The van der Waals surface area contributed by atoms with Gasteiger partial charge in [-0.3, -0.25) is 9.59 Å². The molecule has 2 aromatic rings. The number of carboxylic acids is 1. The highest BCUT2D eigenvalue weighted by Crippen LogP contribution is 2.17. The zero-order valence-electron chi connectivity index (χ0n) is 12.7. The summed E-state index contributed by atoms with van der Waals surface area (Å²) in [6, 6.07) is 2.29. The van der Waals surface area contributed by atoms with Gasteiger partial charge >= 0.3 is 5.97 Å². The summed E-state index contributed by atoms with van der Waals surface area (Å²) in [5.74, 6) is -4.74. The zero-order valence-corrected chi connectivity index (χ0v) is 12.7. The Morgan fingerprint density at radius 1 is 1.25 bits per heavy atom. The molecule has 24 heavy (non-hydrogen) atoms. The van der Waals surface area contributed by atoms with Crippen molar-refractivity contribution in [3.05, 3.63) is 53.6 Å². The van der Waals surface area contributed by atoms with Crippen molar-refractivity contribution in [2.24, 2.45) is 11.7 Å². The van der Waals surface area contributed by atoms with Crippen LogP contribution in [-0.4, -0.2) is 32.9 Å². The minimum atomic E-state index is -1.19. The summed E-state index contributed by atoms with van der Waals surface area (Å²) in [6.07, 6.45) is 2.83. The Balaban J connectivity index is 2.00. The van der Waals surface area contributed by atoms with Crippen LogP contribution >= 0.6 is 0 Å². The molecule has 0 aliphatic carbocycles. The normalized spacial score (nSPS) is 13.5. The van der Waals surface area contributed by atoms with Crippen LogP contribution < -0.4 is 5.73 Å². The third-order valence-corrected chi connectivity index (χ3v) is 3.67. The lowest BCUT2D eigenvalue weighted by molar-refractivity contribution is -0.143. The molecule has 6 nitrogen and oxygen atoms in total. The maximum atomic E-state index is 13.2. The summed E-state index contributed by atoms with van der Waals surface area (Å²) < 4.78 is 26.1. The summed E-state index contributed by atoms with van der Waals surface area (Å²) in [6.45, 7) is 0. The number of rotatable bonds is 8. The zero-order chi connectivity index (χ0) is 17.7. The summed E-state index contributed by atoms with van der Waals surface area (Å²) >= 11 is 0. The van der Waals surface area contributed by atoms with Crippen LogP contribution in [0.5, 0.6) is 0 Å². The molecule has 8 heteroatoms. The largest absolute Gasteiger partial charge is 0.481 e. The molecule has 0 aliphatic rings. The molecule has 1 aromatic heterocycles. The van der Waals surface area contributed by atoms with Gasteiger partial charge in [0.15, 0.2) is 17.4 Å². The number of benzene rings is 1. The molecule has 0 saturated carbocycles. The number of imidazole rings is 1. The molecule has 0 amide bonds. The van der Waals surface area contributed by atoms with E-state index in [1.807, 2.05) is 0 Å².